The summed E-state index contributed by atoms with van der Waals surface area (Å²) in [4.78, 5) is 27.1. The van der Waals surface area contributed by atoms with E-state index < -0.39 is 5.91 Å². The van der Waals surface area contributed by atoms with Crippen LogP contribution < -0.4 is 11.4 Å². The predicted octanol–water partition coefficient (Wildman–Crippen LogP) is 2.04. The predicted molar refractivity (Wildman–Crippen MR) is 87.3 cm³/mol. The lowest BCUT2D eigenvalue weighted by molar-refractivity contribution is 0.0991. The number of rotatable bonds is 2. The van der Waals surface area contributed by atoms with E-state index in [2.05, 4.69) is 4.98 Å². The summed E-state index contributed by atoms with van der Waals surface area (Å²) in [6.07, 6.45) is 3.44. The Hall–Kier alpha value is -2.99. The molecule has 0 fully saturated rings. The Morgan fingerprint density at radius 3 is 2.92 bits per heavy atom. The second-order valence-corrected chi connectivity index (χ2v) is 5.50. The van der Waals surface area contributed by atoms with Crippen molar-refractivity contribution in [3.05, 3.63) is 70.2 Å². The molecule has 0 unspecified atom stereocenters. The van der Waals surface area contributed by atoms with Crippen LogP contribution in [0.25, 0.3) is 22.1 Å². The number of aromatic nitrogens is 1. The monoisotopic (exact) mass is 321 g/mol. The molecule has 0 saturated heterocycles. The molecule has 3 heterocycles. The van der Waals surface area contributed by atoms with E-state index in [1.807, 2.05) is 18.6 Å². The minimum Gasteiger partial charge on any atom is -0.423 e. The Morgan fingerprint density at radius 2 is 2.08 bits per heavy atom. The number of pyridine rings is 1. The van der Waals surface area contributed by atoms with Crippen LogP contribution in [-0.2, 0) is 11.3 Å². The molecule has 0 aliphatic carbocycles. The van der Waals surface area contributed by atoms with Crippen LogP contribution in [0.5, 0.6) is 0 Å². The number of amides is 1. The third-order valence-electron chi connectivity index (χ3n) is 4.04. The number of carbonyl (C=O) groups excluding carboxylic acids is 1. The van der Waals surface area contributed by atoms with Crippen LogP contribution in [0.2, 0.25) is 0 Å². The zero-order chi connectivity index (χ0) is 16.7. The SMILES string of the molecule is NC(=O)c1ncc(-c2ccc3oc(=O)ccc3c2)c2c1[CH]COC2. The summed E-state index contributed by atoms with van der Waals surface area (Å²) in [7, 11) is 0. The molecule has 0 atom stereocenters. The molecule has 1 aliphatic rings. The van der Waals surface area contributed by atoms with Crippen molar-refractivity contribution in [2.75, 3.05) is 6.61 Å². The summed E-state index contributed by atoms with van der Waals surface area (Å²) in [5.74, 6) is -0.559. The molecular formula is C18H13N2O4. The first-order chi connectivity index (χ1) is 11.6. The van der Waals surface area contributed by atoms with Gasteiger partial charge < -0.3 is 14.9 Å². The summed E-state index contributed by atoms with van der Waals surface area (Å²) in [6, 6.07) is 8.60. The van der Waals surface area contributed by atoms with Crippen molar-refractivity contribution in [2.24, 2.45) is 5.73 Å². The van der Waals surface area contributed by atoms with E-state index in [0.717, 1.165) is 27.6 Å². The van der Waals surface area contributed by atoms with Gasteiger partial charge in [0.1, 0.15) is 11.3 Å². The normalized spacial score (nSPS) is 13.7. The zero-order valence-electron chi connectivity index (χ0n) is 12.6. The third-order valence-corrected chi connectivity index (χ3v) is 4.04. The molecule has 0 saturated carbocycles. The number of fused-ring (bicyclic) bond motifs is 2. The topological polar surface area (TPSA) is 95.4 Å². The Kier molecular flexibility index (Phi) is 3.39. The Balaban J connectivity index is 1.92. The molecule has 4 rings (SSSR count). The molecule has 1 aliphatic heterocycles. The first-order valence-corrected chi connectivity index (χ1v) is 7.40. The smallest absolute Gasteiger partial charge is 0.336 e. The number of carbonyl (C=O) groups is 1. The minimum atomic E-state index is -0.559. The number of hydrogen-bond acceptors (Lipinski definition) is 5. The molecule has 24 heavy (non-hydrogen) atoms. The van der Waals surface area contributed by atoms with Crippen LogP contribution in [0, 0.1) is 6.42 Å². The van der Waals surface area contributed by atoms with Gasteiger partial charge in [0.15, 0.2) is 0 Å². The summed E-state index contributed by atoms with van der Waals surface area (Å²) in [5.41, 5.74) is 9.16. The minimum absolute atomic E-state index is 0.254. The fourth-order valence-electron chi connectivity index (χ4n) is 2.93. The highest BCUT2D eigenvalue weighted by atomic mass is 16.5. The Bertz CT molecular complexity index is 1020. The highest BCUT2D eigenvalue weighted by Gasteiger charge is 2.22. The summed E-state index contributed by atoms with van der Waals surface area (Å²) in [5, 5.41) is 0.806. The largest absolute Gasteiger partial charge is 0.423 e. The molecule has 1 amide bonds. The highest BCUT2D eigenvalue weighted by molar-refractivity contribution is 5.94. The van der Waals surface area contributed by atoms with E-state index in [1.165, 1.54) is 6.07 Å². The number of nitrogens with two attached hydrogens (primary N) is 1. The van der Waals surface area contributed by atoms with E-state index in [-0.39, 0.29) is 11.3 Å². The third kappa shape index (κ3) is 2.37. The van der Waals surface area contributed by atoms with E-state index in [4.69, 9.17) is 14.9 Å². The summed E-state index contributed by atoms with van der Waals surface area (Å²) < 4.78 is 10.7. The zero-order valence-corrected chi connectivity index (χ0v) is 12.6. The van der Waals surface area contributed by atoms with Crippen LogP contribution in [0.15, 0.2) is 45.7 Å². The number of hydrogen-bond donors (Lipinski definition) is 1. The standard InChI is InChI=1S/C18H13N2O4/c19-18(22)17-12-5-6-23-9-14(12)13(8-20-17)10-1-3-15-11(7-10)2-4-16(21)24-15/h1-5,7-8H,6,9H2,(H2,19,22). The van der Waals surface area contributed by atoms with Crippen LogP contribution >= 0.6 is 0 Å². The average molecular weight is 321 g/mol. The second-order valence-electron chi connectivity index (χ2n) is 5.50. The van der Waals surface area contributed by atoms with Gasteiger partial charge in [0.25, 0.3) is 5.91 Å². The molecule has 3 aromatic rings. The van der Waals surface area contributed by atoms with Gasteiger partial charge in [-0.2, -0.15) is 0 Å². The quantitative estimate of drug-likeness (QED) is 0.729. The van der Waals surface area contributed by atoms with Crippen molar-refractivity contribution in [1.29, 1.82) is 0 Å². The van der Waals surface area contributed by atoms with Crippen molar-refractivity contribution in [2.45, 2.75) is 6.61 Å². The molecule has 1 aromatic carbocycles. The lowest BCUT2D eigenvalue weighted by atomic mass is 9.93. The van der Waals surface area contributed by atoms with Gasteiger partial charge in [-0.1, -0.05) is 6.07 Å². The van der Waals surface area contributed by atoms with Gasteiger partial charge >= 0.3 is 5.63 Å². The van der Waals surface area contributed by atoms with Crippen molar-refractivity contribution in [3.8, 4) is 11.1 Å². The van der Waals surface area contributed by atoms with Crippen LogP contribution in [0.4, 0.5) is 0 Å². The van der Waals surface area contributed by atoms with E-state index in [9.17, 15) is 9.59 Å². The first-order valence-electron chi connectivity index (χ1n) is 7.40. The lowest BCUT2D eigenvalue weighted by Gasteiger charge is -2.21. The fourth-order valence-corrected chi connectivity index (χ4v) is 2.93. The highest BCUT2D eigenvalue weighted by Crippen LogP contribution is 2.32. The van der Waals surface area contributed by atoms with E-state index >= 15 is 0 Å². The molecular weight excluding hydrogens is 308 g/mol. The maximum atomic E-state index is 11.6. The van der Waals surface area contributed by atoms with Gasteiger partial charge in [-0.3, -0.25) is 9.78 Å². The van der Waals surface area contributed by atoms with Gasteiger partial charge in [0, 0.05) is 29.6 Å². The van der Waals surface area contributed by atoms with Gasteiger partial charge in [0.2, 0.25) is 0 Å². The van der Waals surface area contributed by atoms with E-state index in [0.29, 0.717) is 18.8 Å². The van der Waals surface area contributed by atoms with Crippen molar-refractivity contribution >= 4 is 16.9 Å². The molecule has 2 N–H and O–H groups in total. The molecule has 0 bridgehead atoms. The number of ether oxygens (including phenoxy) is 1. The maximum absolute atomic E-state index is 11.6. The van der Waals surface area contributed by atoms with Crippen molar-refractivity contribution in [1.82, 2.24) is 4.98 Å². The van der Waals surface area contributed by atoms with Crippen LogP contribution in [0.1, 0.15) is 21.6 Å². The van der Waals surface area contributed by atoms with Gasteiger partial charge in [0.05, 0.1) is 13.2 Å². The average Bonchev–Trinajstić information content (AvgIpc) is 2.60. The lowest BCUT2D eigenvalue weighted by Crippen LogP contribution is -2.21. The molecule has 0 spiro atoms. The Labute approximate surface area is 136 Å². The van der Waals surface area contributed by atoms with Gasteiger partial charge in [-0.25, -0.2) is 4.79 Å². The van der Waals surface area contributed by atoms with E-state index in [1.54, 1.807) is 18.3 Å². The Morgan fingerprint density at radius 1 is 1.21 bits per heavy atom. The molecule has 2 aromatic heterocycles. The number of nitrogens with zero attached hydrogens (tertiary/aromatic N) is 1. The molecule has 119 valence electrons. The summed E-state index contributed by atoms with van der Waals surface area (Å²) in [6.45, 7) is 0.799. The van der Waals surface area contributed by atoms with Crippen LogP contribution in [0.3, 0.4) is 0 Å². The first kappa shape index (κ1) is 14.6. The second kappa shape index (κ2) is 5.58. The van der Waals surface area contributed by atoms with Crippen molar-refractivity contribution in [3.63, 3.8) is 0 Å². The van der Waals surface area contributed by atoms with Gasteiger partial charge in [-0.05, 0) is 34.9 Å². The number of benzene rings is 1. The number of primary amides is 1. The summed E-state index contributed by atoms with van der Waals surface area (Å²) >= 11 is 0. The van der Waals surface area contributed by atoms with Crippen LogP contribution in [-0.4, -0.2) is 17.5 Å². The fraction of sp³-hybridized carbons (Fsp3) is 0.111. The van der Waals surface area contributed by atoms with Gasteiger partial charge in [-0.15, -0.1) is 0 Å². The molecule has 6 heteroatoms. The molecule has 6 nitrogen and oxygen atoms in total. The van der Waals surface area contributed by atoms with Crippen molar-refractivity contribution < 1.29 is 13.9 Å². The molecule has 1 radical (unpaired) electrons. The maximum Gasteiger partial charge on any atom is 0.336 e.